The van der Waals surface area contributed by atoms with Crippen molar-refractivity contribution in [1.29, 1.82) is 0 Å². The minimum absolute atomic E-state index is 0.175. The normalized spacial score (nSPS) is 15.9. The topological polar surface area (TPSA) is 46.3 Å². The fraction of sp³-hybridized carbons (Fsp3) is 0.562. The molecule has 0 radical (unpaired) electrons. The molecular weight excluding hydrogens is 255 g/mol. The Bertz CT molecular complexity index is 438. The first-order valence-corrected chi connectivity index (χ1v) is 7.38. The highest BCUT2D eigenvalue weighted by molar-refractivity contribution is 5.77. The van der Waals surface area contributed by atoms with Crippen LogP contribution in [0.25, 0.3) is 0 Å². The summed E-state index contributed by atoms with van der Waals surface area (Å²) in [5.74, 6) is 0.193. The average molecular weight is 278 g/mol. The number of nitrogens with two attached hydrogens (primary N) is 1. The summed E-state index contributed by atoms with van der Waals surface area (Å²) in [4.78, 5) is 14.4. The second kappa shape index (κ2) is 6.84. The van der Waals surface area contributed by atoms with Crippen LogP contribution in [0.4, 0.5) is 4.39 Å². The molecule has 2 rings (SSSR count). The number of amides is 1. The SMILES string of the molecule is CCC(CN)CC(=O)N(Cc1ccc(F)cc1)C1CC1. The van der Waals surface area contributed by atoms with E-state index in [2.05, 4.69) is 6.92 Å². The molecule has 110 valence electrons. The minimum atomic E-state index is -0.243. The van der Waals surface area contributed by atoms with Gasteiger partial charge in [-0.05, 0) is 43.0 Å². The molecular formula is C16H23FN2O. The van der Waals surface area contributed by atoms with Crippen LogP contribution in [-0.2, 0) is 11.3 Å². The van der Waals surface area contributed by atoms with Crippen molar-refractivity contribution in [1.82, 2.24) is 4.90 Å². The largest absolute Gasteiger partial charge is 0.335 e. The van der Waals surface area contributed by atoms with Crippen molar-refractivity contribution in [2.75, 3.05) is 6.54 Å². The van der Waals surface area contributed by atoms with Gasteiger partial charge in [0.15, 0.2) is 0 Å². The lowest BCUT2D eigenvalue weighted by molar-refractivity contribution is -0.133. The Morgan fingerprint density at radius 2 is 2.05 bits per heavy atom. The molecule has 0 aliphatic heterocycles. The molecule has 1 atom stereocenters. The van der Waals surface area contributed by atoms with Crippen LogP contribution in [0.1, 0.15) is 38.2 Å². The lowest BCUT2D eigenvalue weighted by atomic mass is 10.0. The van der Waals surface area contributed by atoms with Crippen LogP contribution in [-0.4, -0.2) is 23.4 Å². The molecule has 1 aromatic rings. The van der Waals surface area contributed by atoms with E-state index in [4.69, 9.17) is 5.73 Å². The van der Waals surface area contributed by atoms with Gasteiger partial charge in [-0.1, -0.05) is 25.5 Å². The Kier molecular flexibility index (Phi) is 5.12. The molecule has 4 heteroatoms. The minimum Gasteiger partial charge on any atom is -0.335 e. The fourth-order valence-electron chi connectivity index (χ4n) is 2.35. The van der Waals surface area contributed by atoms with Crippen LogP contribution >= 0.6 is 0 Å². The molecule has 1 aromatic carbocycles. The molecule has 1 unspecified atom stereocenters. The number of hydrogen-bond acceptors (Lipinski definition) is 2. The molecule has 0 spiro atoms. The Balaban J connectivity index is 1.99. The van der Waals surface area contributed by atoms with E-state index in [1.165, 1.54) is 12.1 Å². The van der Waals surface area contributed by atoms with Crippen molar-refractivity contribution < 1.29 is 9.18 Å². The van der Waals surface area contributed by atoms with Crippen LogP contribution in [0.5, 0.6) is 0 Å². The van der Waals surface area contributed by atoms with E-state index in [0.29, 0.717) is 25.6 Å². The molecule has 1 amide bonds. The quantitative estimate of drug-likeness (QED) is 0.833. The summed E-state index contributed by atoms with van der Waals surface area (Å²) in [6.45, 7) is 3.19. The standard InChI is InChI=1S/C16H23FN2O/c1-2-12(10-18)9-16(20)19(15-7-8-15)11-13-3-5-14(17)6-4-13/h3-6,12,15H,2,7-11,18H2,1H3. The van der Waals surface area contributed by atoms with E-state index in [0.717, 1.165) is 24.8 Å². The summed E-state index contributed by atoms with van der Waals surface area (Å²) in [6.07, 6.45) is 3.60. The maximum atomic E-state index is 12.9. The van der Waals surface area contributed by atoms with Gasteiger partial charge in [-0.2, -0.15) is 0 Å². The second-order valence-corrected chi connectivity index (χ2v) is 5.59. The maximum absolute atomic E-state index is 12.9. The lowest BCUT2D eigenvalue weighted by Crippen LogP contribution is -2.34. The summed E-state index contributed by atoms with van der Waals surface area (Å²) in [5.41, 5.74) is 6.66. The summed E-state index contributed by atoms with van der Waals surface area (Å²) in [7, 11) is 0. The Hall–Kier alpha value is -1.42. The van der Waals surface area contributed by atoms with Gasteiger partial charge < -0.3 is 10.6 Å². The van der Waals surface area contributed by atoms with Gasteiger partial charge in [-0.25, -0.2) is 4.39 Å². The zero-order chi connectivity index (χ0) is 14.5. The molecule has 20 heavy (non-hydrogen) atoms. The Morgan fingerprint density at radius 3 is 2.55 bits per heavy atom. The monoisotopic (exact) mass is 278 g/mol. The van der Waals surface area contributed by atoms with Gasteiger partial charge in [-0.15, -0.1) is 0 Å². The van der Waals surface area contributed by atoms with Crippen LogP contribution in [0.15, 0.2) is 24.3 Å². The number of carbonyl (C=O) groups excluding carboxylic acids is 1. The molecule has 1 aliphatic carbocycles. The summed E-state index contributed by atoms with van der Waals surface area (Å²) in [5, 5.41) is 0. The third-order valence-electron chi connectivity index (χ3n) is 3.95. The number of halogens is 1. The fourth-order valence-corrected chi connectivity index (χ4v) is 2.35. The summed E-state index contributed by atoms with van der Waals surface area (Å²) in [6, 6.07) is 6.75. The van der Waals surface area contributed by atoms with Gasteiger partial charge in [0.2, 0.25) is 5.91 Å². The highest BCUT2D eigenvalue weighted by atomic mass is 19.1. The molecule has 1 saturated carbocycles. The van der Waals surface area contributed by atoms with Crippen LogP contribution in [0.2, 0.25) is 0 Å². The number of nitrogens with zero attached hydrogens (tertiary/aromatic N) is 1. The summed E-state index contributed by atoms with van der Waals surface area (Å²) >= 11 is 0. The van der Waals surface area contributed by atoms with E-state index in [9.17, 15) is 9.18 Å². The van der Waals surface area contributed by atoms with E-state index in [-0.39, 0.29) is 17.6 Å². The van der Waals surface area contributed by atoms with E-state index >= 15 is 0 Å². The van der Waals surface area contributed by atoms with Gasteiger partial charge in [0.05, 0.1) is 0 Å². The van der Waals surface area contributed by atoms with Crippen molar-refractivity contribution in [2.24, 2.45) is 11.7 Å². The van der Waals surface area contributed by atoms with Crippen molar-refractivity contribution in [3.63, 3.8) is 0 Å². The third kappa shape index (κ3) is 4.04. The maximum Gasteiger partial charge on any atom is 0.223 e. The lowest BCUT2D eigenvalue weighted by Gasteiger charge is -2.24. The third-order valence-corrected chi connectivity index (χ3v) is 3.95. The van der Waals surface area contributed by atoms with Gasteiger partial charge in [0.1, 0.15) is 5.82 Å². The molecule has 0 aromatic heterocycles. The van der Waals surface area contributed by atoms with Crippen LogP contribution < -0.4 is 5.73 Å². The average Bonchev–Trinajstić information content (AvgIpc) is 3.28. The highest BCUT2D eigenvalue weighted by Gasteiger charge is 2.32. The first-order chi connectivity index (χ1) is 9.63. The predicted octanol–water partition coefficient (Wildman–Crippen LogP) is 2.69. The molecule has 3 nitrogen and oxygen atoms in total. The van der Waals surface area contributed by atoms with Gasteiger partial charge in [0, 0.05) is 19.0 Å². The molecule has 0 heterocycles. The smallest absolute Gasteiger partial charge is 0.223 e. The summed E-state index contributed by atoms with van der Waals surface area (Å²) < 4.78 is 12.9. The molecule has 1 aliphatic rings. The molecule has 1 fully saturated rings. The van der Waals surface area contributed by atoms with E-state index in [1.54, 1.807) is 12.1 Å². The van der Waals surface area contributed by atoms with Crippen molar-refractivity contribution >= 4 is 5.91 Å². The number of carbonyl (C=O) groups is 1. The highest BCUT2D eigenvalue weighted by Crippen LogP contribution is 2.29. The number of rotatable bonds is 7. The molecule has 2 N–H and O–H groups in total. The van der Waals surface area contributed by atoms with Crippen LogP contribution in [0, 0.1) is 11.7 Å². The van der Waals surface area contributed by atoms with Crippen molar-refractivity contribution in [3.05, 3.63) is 35.6 Å². The number of hydrogen-bond donors (Lipinski definition) is 1. The number of benzene rings is 1. The van der Waals surface area contributed by atoms with Gasteiger partial charge in [-0.3, -0.25) is 4.79 Å². The van der Waals surface area contributed by atoms with Crippen molar-refractivity contribution in [2.45, 2.75) is 45.2 Å². The van der Waals surface area contributed by atoms with Crippen molar-refractivity contribution in [3.8, 4) is 0 Å². The second-order valence-electron chi connectivity index (χ2n) is 5.59. The van der Waals surface area contributed by atoms with Gasteiger partial charge in [0.25, 0.3) is 0 Å². The first kappa shape index (κ1) is 15.0. The first-order valence-electron chi connectivity index (χ1n) is 7.38. The zero-order valence-corrected chi connectivity index (χ0v) is 12.0. The van der Waals surface area contributed by atoms with E-state index < -0.39 is 0 Å². The van der Waals surface area contributed by atoms with E-state index in [1.807, 2.05) is 4.90 Å². The Morgan fingerprint density at radius 1 is 1.40 bits per heavy atom. The van der Waals surface area contributed by atoms with Gasteiger partial charge >= 0.3 is 0 Å². The Labute approximate surface area is 120 Å². The predicted molar refractivity (Wildman–Crippen MR) is 77.4 cm³/mol. The van der Waals surface area contributed by atoms with Crippen LogP contribution in [0.3, 0.4) is 0 Å². The molecule has 0 saturated heterocycles. The zero-order valence-electron chi connectivity index (χ0n) is 12.0. The molecule has 0 bridgehead atoms.